The van der Waals surface area contributed by atoms with Gasteiger partial charge in [-0.25, -0.2) is 8.78 Å². The molecule has 0 bridgehead atoms. The number of amides is 1. The summed E-state index contributed by atoms with van der Waals surface area (Å²) in [5, 5.41) is 5.74. The van der Waals surface area contributed by atoms with E-state index in [4.69, 9.17) is 0 Å². The summed E-state index contributed by atoms with van der Waals surface area (Å²) < 4.78 is 26.8. The fourth-order valence-corrected chi connectivity index (χ4v) is 2.47. The Kier molecular flexibility index (Phi) is 5.53. The van der Waals surface area contributed by atoms with Gasteiger partial charge in [0.15, 0.2) is 0 Å². The molecule has 132 valence electrons. The smallest absolute Gasteiger partial charge is 0.257 e. The average Bonchev–Trinajstić information content (AvgIpc) is 2.64. The van der Waals surface area contributed by atoms with E-state index in [1.54, 1.807) is 36.5 Å². The Morgan fingerprint density at radius 1 is 0.962 bits per heavy atom. The SMILES string of the molecule is O=C(Nc1cccc(F)c1)c1cncc(NCCc2ccccc2F)c1. The molecule has 4 nitrogen and oxygen atoms in total. The first-order valence-electron chi connectivity index (χ1n) is 8.11. The number of carbonyl (C=O) groups excluding carboxylic acids is 1. The summed E-state index contributed by atoms with van der Waals surface area (Å²) in [6, 6.07) is 13.9. The molecule has 26 heavy (non-hydrogen) atoms. The molecule has 6 heteroatoms. The van der Waals surface area contributed by atoms with E-state index in [2.05, 4.69) is 15.6 Å². The Morgan fingerprint density at radius 3 is 2.62 bits per heavy atom. The molecule has 2 N–H and O–H groups in total. The lowest BCUT2D eigenvalue weighted by Crippen LogP contribution is -2.13. The molecule has 0 radical (unpaired) electrons. The molecule has 2 aromatic carbocycles. The first kappa shape index (κ1) is 17.5. The van der Waals surface area contributed by atoms with Gasteiger partial charge < -0.3 is 10.6 Å². The Balaban J connectivity index is 1.60. The van der Waals surface area contributed by atoms with E-state index in [0.29, 0.717) is 35.5 Å². The lowest BCUT2D eigenvalue weighted by molar-refractivity contribution is 0.102. The summed E-state index contributed by atoms with van der Waals surface area (Å²) in [7, 11) is 0. The molecule has 1 aromatic heterocycles. The van der Waals surface area contributed by atoms with E-state index in [1.165, 1.54) is 30.5 Å². The van der Waals surface area contributed by atoms with Crippen molar-refractivity contribution < 1.29 is 13.6 Å². The molecular formula is C20H17F2N3O. The lowest BCUT2D eigenvalue weighted by Gasteiger charge is -2.09. The highest BCUT2D eigenvalue weighted by Gasteiger charge is 2.08. The van der Waals surface area contributed by atoms with Crippen molar-refractivity contribution in [1.82, 2.24) is 4.98 Å². The second-order valence-corrected chi connectivity index (χ2v) is 5.69. The third-order valence-electron chi connectivity index (χ3n) is 3.76. The van der Waals surface area contributed by atoms with Gasteiger partial charge in [-0.1, -0.05) is 24.3 Å². The minimum atomic E-state index is -0.426. The van der Waals surface area contributed by atoms with Gasteiger partial charge in [0, 0.05) is 24.6 Å². The van der Waals surface area contributed by atoms with E-state index in [9.17, 15) is 13.6 Å². The molecule has 1 amide bonds. The normalized spacial score (nSPS) is 10.4. The number of aromatic nitrogens is 1. The van der Waals surface area contributed by atoms with Crippen LogP contribution in [0.1, 0.15) is 15.9 Å². The van der Waals surface area contributed by atoms with Crippen LogP contribution >= 0.6 is 0 Å². The van der Waals surface area contributed by atoms with Gasteiger partial charge in [-0.2, -0.15) is 0 Å². The molecule has 0 aliphatic heterocycles. The van der Waals surface area contributed by atoms with Gasteiger partial charge in [-0.15, -0.1) is 0 Å². The standard InChI is InChI=1S/C20H17F2N3O/c21-16-5-3-6-17(11-16)25-20(26)15-10-18(13-23-12-15)24-9-8-14-4-1-2-7-19(14)22/h1-7,10-13,24H,8-9H2,(H,25,26). The number of nitrogens with zero attached hydrogens (tertiary/aromatic N) is 1. The summed E-state index contributed by atoms with van der Waals surface area (Å²) >= 11 is 0. The number of carbonyl (C=O) groups is 1. The number of halogens is 2. The van der Waals surface area contributed by atoms with Crippen molar-refractivity contribution in [3.63, 3.8) is 0 Å². The van der Waals surface area contributed by atoms with Crippen LogP contribution in [0.25, 0.3) is 0 Å². The van der Waals surface area contributed by atoms with Crippen molar-refractivity contribution in [3.8, 4) is 0 Å². The Morgan fingerprint density at radius 2 is 1.81 bits per heavy atom. The third kappa shape index (κ3) is 4.63. The summed E-state index contributed by atoms with van der Waals surface area (Å²) in [6.07, 6.45) is 3.52. The summed E-state index contributed by atoms with van der Waals surface area (Å²) in [6.45, 7) is 0.498. The van der Waals surface area contributed by atoms with Crippen LogP contribution in [0.5, 0.6) is 0 Å². The van der Waals surface area contributed by atoms with Crippen molar-refractivity contribution >= 4 is 17.3 Å². The average molecular weight is 353 g/mol. The predicted octanol–water partition coefficient (Wildman–Crippen LogP) is 4.27. The zero-order chi connectivity index (χ0) is 18.4. The fraction of sp³-hybridized carbons (Fsp3) is 0.100. The van der Waals surface area contributed by atoms with Crippen LogP contribution in [0.15, 0.2) is 67.0 Å². The van der Waals surface area contributed by atoms with Crippen LogP contribution in [-0.2, 0) is 6.42 Å². The molecule has 0 saturated carbocycles. The number of hydrogen-bond donors (Lipinski definition) is 2. The Hall–Kier alpha value is -3.28. The zero-order valence-corrected chi connectivity index (χ0v) is 13.9. The molecule has 0 atom stereocenters. The monoisotopic (exact) mass is 353 g/mol. The minimum absolute atomic E-state index is 0.240. The summed E-state index contributed by atoms with van der Waals surface area (Å²) in [4.78, 5) is 16.3. The van der Waals surface area contributed by atoms with Gasteiger partial charge in [0.2, 0.25) is 0 Å². The second kappa shape index (κ2) is 8.20. The van der Waals surface area contributed by atoms with Crippen LogP contribution in [-0.4, -0.2) is 17.4 Å². The van der Waals surface area contributed by atoms with Crippen molar-refractivity contribution in [2.24, 2.45) is 0 Å². The number of nitrogens with one attached hydrogen (secondary N) is 2. The largest absolute Gasteiger partial charge is 0.383 e. The fourth-order valence-electron chi connectivity index (χ4n) is 2.47. The summed E-state index contributed by atoms with van der Waals surface area (Å²) in [5.41, 5.74) is 1.97. The molecule has 3 aromatic rings. The molecule has 3 rings (SSSR count). The molecule has 0 unspecified atom stereocenters. The first-order chi connectivity index (χ1) is 12.6. The van der Waals surface area contributed by atoms with E-state index in [0.717, 1.165) is 0 Å². The lowest BCUT2D eigenvalue weighted by atomic mass is 10.1. The van der Waals surface area contributed by atoms with E-state index < -0.39 is 5.82 Å². The van der Waals surface area contributed by atoms with Crippen LogP contribution in [0.4, 0.5) is 20.2 Å². The van der Waals surface area contributed by atoms with E-state index in [-0.39, 0.29) is 11.7 Å². The van der Waals surface area contributed by atoms with Gasteiger partial charge in [0.05, 0.1) is 11.3 Å². The zero-order valence-electron chi connectivity index (χ0n) is 13.9. The minimum Gasteiger partial charge on any atom is -0.383 e. The topological polar surface area (TPSA) is 54.0 Å². The predicted molar refractivity (Wildman–Crippen MR) is 97.2 cm³/mol. The van der Waals surface area contributed by atoms with Crippen LogP contribution in [0, 0.1) is 11.6 Å². The molecular weight excluding hydrogens is 336 g/mol. The highest BCUT2D eigenvalue weighted by Crippen LogP contribution is 2.14. The number of pyridine rings is 1. The number of hydrogen-bond acceptors (Lipinski definition) is 3. The van der Waals surface area contributed by atoms with E-state index in [1.807, 2.05) is 0 Å². The Bertz CT molecular complexity index is 915. The maximum Gasteiger partial charge on any atom is 0.257 e. The highest BCUT2D eigenvalue weighted by atomic mass is 19.1. The first-order valence-corrected chi connectivity index (χ1v) is 8.11. The molecule has 0 aliphatic rings. The van der Waals surface area contributed by atoms with E-state index >= 15 is 0 Å². The van der Waals surface area contributed by atoms with Crippen LogP contribution in [0.3, 0.4) is 0 Å². The molecule has 0 spiro atoms. The van der Waals surface area contributed by atoms with Gasteiger partial charge in [-0.05, 0) is 42.3 Å². The van der Waals surface area contributed by atoms with Gasteiger partial charge in [0.25, 0.3) is 5.91 Å². The maximum absolute atomic E-state index is 13.6. The van der Waals surface area contributed by atoms with Crippen LogP contribution < -0.4 is 10.6 Å². The summed E-state index contributed by atoms with van der Waals surface area (Å²) in [5.74, 6) is -1.05. The Labute approximate surface area is 149 Å². The van der Waals surface area contributed by atoms with Crippen molar-refractivity contribution in [2.75, 3.05) is 17.2 Å². The van der Waals surface area contributed by atoms with Crippen LogP contribution in [0.2, 0.25) is 0 Å². The third-order valence-corrected chi connectivity index (χ3v) is 3.76. The van der Waals surface area contributed by atoms with Crippen molar-refractivity contribution in [1.29, 1.82) is 0 Å². The molecule has 0 aliphatic carbocycles. The molecule has 0 saturated heterocycles. The van der Waals surface area contributed by atoms with Gasteiger partial charge >= 0.3 is 0 Å². The number of benzene rings is 2. The van der Waals surface area contributed by atoms with Gasteiger partial charge in [0.1, 0.15) is 11.6 Å². The number of anilines is 2. The van der Waals surface area contributed by atoms with Crippen molar-refractivity contribution in [3.05, 3.63) is 89.8 Å². The maximum atomic E-state index is 13.6. The highest BCUT2D eigenvalue weighted by molar-refractivity contribution is 6.04. The van der Waals surface area contributed by atoms with Crippen molar-refractivity contribution in [2.45, 2.75) is 6.42 Å². The van der Waals surface area contributed by atoms with Gasteiger partial charge in [-0.3, -0.25) is 9.78 Å². The quantitative estimate of drug-likeness (QED) is 0.696. The molecule has 1 heterocycles. The second-order valence-electron chi connectivity index (χ2n) is 5.69. The number of rotatable bonds is 6. The molecule has 0 fully saturated rings.